The molecule has 0 spiro atoms. The highest BCUT2D eigenvalue weighted by Crippen LogP contribution is 2.62. The van der Waals surface area contributed by atoms with E-state index in [4.69, 9.17) is 5.11 Å². The van der Waals surface area contributed by atoms with Gasteiger partial charge in [0.05, 0.1) is 0 Å². The topological polar surface area (TPSA) is 66.4 Å². The quantitative estimate of drug-likeness (QED) is 0.156. The van der Waals surface area contributed by atoms with Gasteiger partial charge in [-0.25, -0.2) is 0 Å². The molecule has 0 fully saturated rings. The molecule has 6 nitrogen and oxygen atoms in total. The molecule has 0 heterocycles. The average molecular weight is 980 g/mol. The molecule has 0 saturated heterocycles. The van der Waals surface area contributed by atoms with E-state index in [1.165, 1.54) is 4.74 Å². The monoisotopic (exact) mass is 980 g/mol. The molecule has 0 aromatic heterocycles. The second-order valence-electron chi connectivity index (χ2n) is 9.92. The molecule has 0 aliphatic rings. The van der Waals surface area contributed by atoms with Gasteiger partial charge in [0.25, 0.3) is 0 Å². The fraction of sp³-hybridized carbons (Fsp3) is 1.00. The third kappa shape index (κ3) is 9.40. The van der Waals surface area contributed by atoms with Crippen LogP contribution >= 0.6 is 0 Å². The largest absolute Gasteiger partial charge is 0.462 e. The van der Waals surface area contributed by atoms with Gasteiger partial charge in [-0.2, -0.15) is 154 Å². The first-order chi connectivity index (χ1) is 24.8. The molecule has 0 amide bonds. The van der Waals surface area contributed by atoms with Crippen molar-refractivity contribution in [2.45, 2.75) is 103 Å². The molecular formula is C18H3F35O6. The smallest absolute Gasteiger partial charge is 0.390 e. The van der Waals surface area contributed by atoms with E-state index in [0.29, 0.717) is 9.47 Å². The fourth-order valence-electron chi connectivity index (χ4n) is 2.71. The molecule has 0 aromatic rings. The summed E-state index contributed by atoms with van der Waals surface area (Å²) < 4.78 is 472. The van der Waals surface area contributed by atoms with Crippen LogP contribution in [0, 0.1) is 0 Å². The number of aliphatic hydroxyl groups excluding tert-OH is 1. The first-order valence-corrected chi connectivity index (χ1v) is 12.1. The molecule has 0 aliphatic heterocycles. The van der Waals surface area contributed by atoms with Gasteiger partial charge in [-0.3, -0.25) is 23.7 Å². The van der Waals surface area contributed by atoms with E-state index in [0.717, 1.165) is 9.47 Å². The molecule has 59 heavy (non-hydrogen) atoms. The Bertz CT molecular complexity index is 1450. The highest BCUT2D eigenvalue weighted by molar-refractivity contribution is 5.00. The van der Waals surface area contributed by atoms with Gasteiger partial charge in [-0.1, -0.05) is 0 Å². The normalized spacial score (nSPS) is 20.9. The van der Waals surface area contributed by atoms with Crippen LogP contribution < -0.4 is 0 Å². The van der Waals surface area contributed by atoms with Crippen molar-refractivity contribution >= 4 is 0 Å². The lowest BCUT2D eigenvalue weighted by atomic mass is 10.2. The van der Waals surface area contributed by atoms with Crippen LogP contribution in [-0.2, 0) is 23.7 Å². The highest BCUT2D eigenvalue weighted by atomic mass is 19.5. The van der Waals surface area contributed by atoms with Gasteiger partial charge in [0.1, 0.15) is 6.61 Å². The number of alkyl halides is 35. The van der Waals surface area contributed by atoms with Crippen LogP contribution in [-0.4, -0.2) is 115 Å². The lowest BCUT2D eigenvalue weighted by Gasteiger charge is -2.44. The zero-order chi connectivity index (χ0) is 48.7. The van der Waals surface area contributed by atoms with Crippen molar-refractivity contribution in [3.8, 4) is 0 Å². The second-order valence-corrected chi connectivity index (χ2v) is 9.92. The van der Waals surface area contributed by atoms with Crippen molar-refractivity contribution in [3.05, 3.63) is 0 Å². The number of hydrogen-bond acceptors (Lipinski definition) is 6. The summed E-state index contributed by atoms with van der Waals surface area (Å²) in [4.78, 5) is 0. The molecule has 0 rings (SSSR count). The summed E-state index contributed by atoms with van der Waals surface area (Å²) in [6.07, 6.45) is -97.2. The fourth-order valence-corrected chi connectivity index (χ4v) is 2.71. The maximum atomic E-state index is 14.6. The van der Waals surface area contributed by atoms with Gasteiger partial charge >= 0.3 is 103 Å². The molecule has 5 unspecified atom stereocenters. The van der Waals surface area contributed by atoms with E-state index in [2.05, 4.69) is 0 Å². The molecule has 0 radical (unpaired) electrons. The maximum Gasteiger partial charge on any atom is 0.462 e. The first kappa shape index (κ1) is 56.3. The number of ether oxygens (including phenoxy) is 5. The minimum absolute atomic E-state index is 0.705. The van der Waals surface area contributed by atoms with Crippen molar-refractivity contribution in [2.75, 3.05) is 6.61 Å². The molecule has 41 heteroatoms. The molecular weight excluding hydrogens is 977 g/mol. The van der Waals surface area contributed by atoms with Crippen LogP contribution in [0.25, 0.3) is 0 Å². The third-order valence-corrected chi connectivity index (χ3v) is 5.67. The third-order valence-electron chi connectivity index (χ3n) is 5.67. The van der Waals surface area contributed by atoms with E-state index in [-0.39, 0.29) is 0 Å². The Hall–Kier alpha value is -2.69. The standard InChI is InChI=1S/C18H3F35O6/c19-2(1-54,8(26,27)28)55-15(46,47)4(22,10(32,33)34)57-17(50,51)6(24,12(38,39)40)59-18(52,53)7(25,13(41,42)43)58-16(48,49)5(23,11(35,36)37)56-14(44,45)3(20,21)9(29,30)31/h54H,1H2. The number of halogens is 35. The first-order valence-electron chi connectivity index (χ1n) is 12.1. The van der Waals surface area contributed by atoms with Crippen LogP contribution in [0.15, 0.2) is 0 Å². The van der Waals surface area contributed by atoms with E-state index in [1.807, 2.05) is 0 Å². The van der Waals surface area contributed by atoms with E-state index < -0.39 is 109 Å². The molecule has 0 aliphatic carbocycles. The summed E-state index contributed by atoms with van der Waals surface area (Å²) in [5.74, 6) is -52.8. The Morgan fingerprint density at radius 2 is 0.424 bits per heavy atom. The summed E-state index contributed by atoms with van der Waals surface area (Å²) in [6.45, 7) is -3.90. The van der Waals surface area contributed by atoms with Gasteiger partial charge in [-0.05, 0) is 0 Å². The number of rotatable bonds is 16. The predicted molar refractivity (Wildman–Crippen MR) is 97.7 cm³/mol. The number of hydrogen-bond donors (Lipinski definition) is 1. The molecule has 356 valence electrons. The van der Waals surface area contributed by atoms with Crippen molar-refractivity contribution in [1.29, 1.82) is 0 Å². The molecule has 5 atom stereocenters. The van der Waals surface area contributed by atoms with E-state index in [9.17, 15) is 154 Å². The Morgan fingerprint density at radius 1 is 0.237 bits per heavy atom. The minimum Gasteiger partial charge on any atom is -0.390 e. The van der Waals surface area contributed by atoms with Gasteiger partial charge in [0, 0.05) is 0 Å². The SMILES string of the molecule is OCC(F)(OC(F)(F)C(F)(OC(F)(F)C(F)(OC(F)(F)C(F)(OC(F)(F)C(F)(OC(F)(F)C(F)(F)C(F)(F)F)C(F)(F)F)C(F)(F)F)C(F)(F)F)C(F)(F)F)C(F)(F)F. The van der Waals surface area contributed by atoms with Gasteiger partial charge in [-0.15, -0.1) is 0 Å². The van der Waals surface area contributed by atoms with Crippen molar-refractivity contribution < 1.29 is 182 Å². The Kier molecular flexibility index (Phi) is 14.0. The molecule has 1 N–H and O–H groups in total. The summed E-state index contributed by atoms with van der Waals surface area (Å²) in [5, 5.41) is 8.13. The molecule has 0 aromatic carbocycles. The zero-order valence-corrected chi connectivity index (χ0v) is 24.9. The Balaban J connectivity index is 7.96. The molecule has 0 bridgehead atoms. The highest BCUT2D eigenvalue weighted by Gasteiger charge is 2.91. The van der Waals surface area contributed by atoms with E-state index in [1.54, 1.807) is 0 Å². The summed E-state index contributed by atoms with van der Waals surface area (Å²) in [7, 11) is 0. The summed E-state index contributed by atoms with van der Waals surface area (Å²) in [5.41, 5.74) is 0. The van der Waals surface area contributed by atoms with Crippen molar-refractivity contribution in [2.24, 2.45) is 0 Å². The Morgan fingerprint density at radius 3 is 0.576 bits per heavy atom. The Labute approximate surface area is 293 Å². The van der Waals surface area contributed by atoms with E-state index >= 15 is 0 Å². The molecule has 0 saturated carbocycles. The zero-order valence-electron chi connectivity index (χ0n) is 24.9. The number of aliphatic hydroxyl groups is 1. The minimum atomic E-state index is -9.58. The second kappa shape index (κ2) is 14.7. The van der Waals surface area contributed by atoms with Crippen LogP contribution in [0.1, 0.15) is 0 Å². The lowest BCUT2D eigenvalue weighted by molar-refractivity contribution is -0.600. The van der Waals surface area contributed by atoms with Crippen LogP contribution in [0.4, 0.5) is 154 Å². The van der Waals surface area contributed by atoms with Gasteiger partial charge in [0.15, 0.2) is 0 Å². The van der Waals surface area contributed by atoms with Crippen molar-refractivity contribution in [3.63, 3.8) is 0 Å². The summed E-state index contributed by atoms with van der Waals surface area (Å²) >= 11 is 0. The maximum absolute atomic E-state index is 14.6. The van der Waals surface area contributed by atoms with Crippen LogP contribution in [0.5, 0.6) is 0 Å². The van der Waals surface area contributed by atoms with Crippen molar-refractivity contribution in [1.82, 2.24) is 0 Å². The van der Waals surface area contributed by atoms with Crippen LogP contribution in [0.3, 0.4) is 0 Å². The summed E-state index contributed by atoms with van der Waals surface area (Å²) in [6, 6.07) is 0. The average Bonchev–Trinajstić information content (AvgIpc) is 2.91. The lowest BCUT2D eigenvalue weighted by Crippen LogP contribution is -2.73. The predicted octanol–water partition coefficient (Wildman–Crippen LogP) is 10.4. The van der Waals surface area contributed by atoms with Gasteiger partial charge in [0.2, 0.25) is 0 Å². The van der Waals surface area contributed by atoms with Gasteiger partial charge < -0.3 is 5.11 Å². The van der Waals surface area contributed by atoms with Crippen LogP contribution in [0.2, 0.25) is 0 Å².